The van der Waals surface area contributed by atoms with E-state index in [1.54, 1.807) is 0 Å². The monoisotopic (exact) mass is 205 g/mol. The molecule has 1 aliphatic rings. The molecule has 0 radical (unpaired) electrons. The van der Waals surface area contributed by atoms with Crippen LogP contribution in [0, 0.1) is 5.92 Å². The third-order valence-corrected chi connectivity index (χ3v) is 3.42. The van der Waals surface area contributed by atoms with E-state index in [-0.39, 0.29) is 4.38 Å². The first-order valence-corrected chi connectivity index (χ1v) is 4.76. The van der Waals surface area contributed by atoms with Crippen molar-refractivity contribution in [3.63, 3.8) is 0 Å². The molecule has 0 fully saturated rings. The Bertz CT molecular complexity index is 235. The fraction of sp³-hybridized carbons (Fsp3) is 0.455. The first-order valence-electron chi connectivity index (χ1n) is 4.27. The van der Waals surface area contributed by atoms with Crippen LogP contribution in [0.1, 0.15) is 20.3 Å². The van der Waals surface area contributed by atoms with Crippen molar-refractivity contribution in [2.45, 2.75) is 24.7 Å². The van der Waals surface area contributed by atoms with Crippen molar-refractivity contribution in [3.05, 3.63) is 36.5 Å². The average molecular weight is 206 g/mol. The third kappa shape index (κ3) is 1.56. The van der Waals surface area contributed by atoms with E-state index in [0.29, 0.717) is 5.92 Å². The van der Waals surface area contributed by atoms with E-state index >= 15 is 0 Å². The van der Waals surface area contributed by atoms with E-state index < -0.39 is 0 Å². The van der Waals surface area contributed by atoms with Crippen molar-refractivity contribution in [3.8, 4) is 0 Å². The molecular weight excluding hydrogens is 191 g/mol. The van der Waals surface area contributed by atoms with Gasteiger partial charge in [-0.1, -0.05) is 0 Å². The van der Waals surface area contributed by atoms with Gasteiger partial charge in [-0.3, -0.25) is 0 Å². The fourth-order valence-corrected chi connectivity index (χ4v) is 1.64. The van der Waals surface area contributed by atoms with Gasteiger partial charge in [-0.15, -0.1) is 0 Å². The van der Waals surface area contributed by atoms with Crippen molar-refractivity contribution in [2.75, 3.05) is 0 Å². The molecule has 0 heterocycles. The molecule has 1 heteroatoms. The SMILES string of the molecule is C=C[C]([Ni])(C1=CC=CC1)C(C)C. The summed E-state index contributed by atoms with van der Waals surface area (Å²) in [5.74, 6) is 0.459. The Kier molecular flexibility index (Phi) is 2.95. The van der Waals surface area contributed by atoms with E-state index in [1.165, 1.54) is 5.57 Å². The summed E-state index contributed by atoms with van der Waals surface area (Å²) in [7, 11) is 0. The number of rotatable bonds is 3. The van der Waals surface area contributed by atoms with E-state index in [0.717, 1.165) is 6.42 Å². The van der Waals surface area contributed by atoms with Gasteiger partial charge < -0.3 is 0 Å². The first-order chi connectivity index (χ1) is 5.61. The molecule has 0 aromatic carbocycles. The Morgan fingerprint density at radius 2 is 2.33 bits per heavy atom. The maximum absolute atomic E-state index is 5.23. The maximum atomic E-state index is 5.23. The first kappa shape index (κ1) is 9.80. The van der Waals surface area contributed by atoms with Crippen LogP contribution in [0.2, 0.25) is 4.38 Å². The van der Waals surface area contributed by atoms with Crippen molar-refractivity contribution < 1.29 is 15.5 Å². The molecule has 0 nitrogen and oxygen atoms in total. The van der Waals surface area contributed by atoms with Gasteiger partial charge in [-0.2, -0.15) is 0 Å². The quantitative estimate of drug-likeness (QED) is 0.490. The minimum atomic E-state index is -0.191. The standard InChI is InChI=1S/C11H15.Ni/c1-4-11(9(2)3)10-7-5-6-8-10;/h4-7,9H,1,8H2,2-3H3;. The van der Waals surface area contributed by atoms with Gasteiger partial charge in [0.15, 0.2) is 0 Å². The van der Waals surface area contributed by atoms with Crippen LogP contribution in [0.3, 0.4) is 0 Å². The summed E-state index contributed by atoms with van der Waals surface area (Å²) in [6, 6.07) is 0. The van der Waals surface area contributed by atoms with Gasteiger partial charge >= 0.3 is 82.5 Å². The van der Waals surface area contributed by atoms with Crippen molar-refractivity contribution in [1.82, 2.24) is 0 Å². The van der Waals surface area contributed by atoms with E-state index in [2.05, 4.69) is 38.7 Å². The topological polar surface area (TPSA) is 0 Å². The summed E-state index contributed by atoms with van der Waals surface area (Å²) < 4.78 is -0.191. The van der Waals surface area contributed by atoms with Crippen molar-refractivity contribution in [2.24, 2.45) is 5.92 Å². The van der Waals surface area contributed by atoms with Gasteiger partial charge in [0.25, 0.3) is 0 Å². The van der Waals surface area contributed by atoms with Gasteiger partial charge in [-0.05, 0) is 0 Å². The molecule has 0 saturated heterocycles. The summed E-state index contributed by atoms with van der Waals surface area (Å²) in [5.41, 5.74) is 1.33. The Morgan fingerprint density at radius 1 is 1.67 bits per heavy atom. The molecule has 0 amide bonds. The summed E-state index contributed by atoms with van der Waals surface area (Å²) in [6.45, 7) is 8.15. The molecule has 0 aromatic rings. The van der Waals surface area contributed by atoms with Crippen molar-refractivity contribution in [1.29, 1.82) is 0 Å². The van der Waals surface area contributed by atoms with Crippen LogP contribution < -0.4 is 0 Å². The van der Waals surface area contributed by atoms with Gasteiger partial charge in [0.1, 0.15) is 0 Å². The molecular formula is C11H15Ni. The molecule has 0 aromatic heterocycles. The number of hydrogen-bond acceptors (Lipinski definition) is 0. The Balaban J connectivity index is 2.87. The third-order valence-electron chi connectivity index (χ3n) is 2.33. The van der Waals surface area contributed by atoms with Crippen LogP contribution in [0.4, 0.5) is 0 Å². The Labute approximate surface area is 82.8 Å². The second-order valence-corrected chi connectivity index (χ2v) is 4.22. The molecule has 1 rings (SSSR count). The van der Waals surface area contributed by atoms with Crippen LogP contribution in [0.25, 0.3) is 0 Å². The van der Waals surface area contributed by atoms with Gasteiger partial charge in [-0.25, -0.2) is 0 Å². The van der Waals surface area contributed by atoms with E-state index in [4.69, 9.17) is 15.5 Å². The Hall–Kier alpha value is -0.286. The molecule has 0 aliphatic heterocycles. The summed E-state index contributed by atoms with van der Waals surface area (Å²) >= 11 is 5.23. The number of hydrogen-bond donors (Lipinski definition) is 0. The zero-order chi connectivity index (χ0) is 9.19. The molecule has 1 aliphatic carbocycles. The molecule has 0 N–H and O–H groups in total. The molecule has 69 valence electrons. The normalized spacial score (nSPS) is 20.9. The number of allylic oxidation sites excluding steroid dienone is 5. The molecule has 1 unspecified atom stereocenters. The predicted molar refractivity (Wildman–Crippen MR) is 49.6 cm³/mol. The zero-order valence-electron chi connectivity index (χ0n) is 7.62. The summed E-state index contributed by atoms with van der Waals surface area (Å²) in [5, 5.41) is 0. The van der Waals surface area contributed by atoms with Gasteiger partial charge in [0.05, 0.1) is 0 Å². The predicted octanol–water partition coefficient (Wildman–Crippen LogP) is 3.42. The molecule has 1 atom stereocenters. The summed E-state index contributed by atoms with van der Waals surface area (Å²) in [6.07, 6.45) is 9.27. The van der Waals surface area contributed by atoms with Gasteiger partial charge in [0.2, 0.25) is 0 Å². The zero-order valence-corrected chi connectivity index (χ0v) is 8.60. The van der Waals surface area contributed by atoms with E-state index in [9.17, 15) is 0 Å². The molecule has 0 bridgehead atoms. The van der Waals surface area contributed by atoms with E-state index in [1.807, 2.05) is 6.08 Å². The van der Waals surface area contributed by atoms with Crippen LogP contribution >= 0.6 is 0 Å². The van der Waals surface area contributed by atoms with Crippen LogP contribution in [0.5, 0.6) is 0 Å². The second-order valence-electron chi connectivity index (χ2n) is 3.40. The molecule has 0 saturated carbocycles. The van der Waals surface area contributed by atoms with Crippen LogP contribution in [-0.4, -0.2) is 0 Å². The van der Waals surface area contributed by atoms with Gasteiger partial charge in [0, 0.05) is 0 Å². The fourth-order valence-electron chi connectivity index (χ4n) is 1.46. The molecule has 0 spiro atoms. The Morgan fingerprint density at radius 3 is 2.67 bits per heavy atom. The summed E-state index contributed by atoms with van der Waals surface area (Å²) in [4.78, 5) is 0. The average Bonchev–Trinajstić information content (AvgIpc) is 2.54. The minimum absolute atomic E-state index is 0.191. The van der Waals surface area contributed by atoms with Crippen LogP contribution in [-0.2, 0) is 15.5 Å². The van der Waals surface area contributed by atoms with Crippen LogP contribution in [0.15, 0.2) is 36.5 Å². The second kappa shape index (κ2) is 3.62. The molecule has 12 heavy (non-hydrogen) atoms. The van der Waals surface area contributed by atoms with Crippen molar-refractivity contribution >= 4 is 0 Å².